The van der Waals surface area contributed by atoms with Gasteiger partial charge in [-0.05, 0) is 6.92 Å². The molecule has 0 amide bonds. The monoisotopic (exact) mass is 190 g/mol. The Bertz CT molecular complexity index is 405. The van der Waals surface area contributed by atoms with Crippen LogP contribution >= 0.6 is 0 Å². The number of anilines is 1. The minimum Gasteiger partial charge on any atom is -0.381 e. The van der Waals surface area contributed by atoms with Crippen molar-refractivity contribution in [1.29, 1.82) is 0 Å². The lowest BCUT2D eigenvalue weighted by molar-refractivity contribution is 0.597. The molecule has 0 saturated carbocycles. The topological polar surface area (TPSA) is 104 Å². The van der Waals surface area contributed by atoms with Crippen LogP contribution in [0.5, 0.6) is 0 Å². The normalized spacial score (nSPS) is 11.9. The van der Waals surface area contributed by atoms with Crippen LogP contribution in [0.1, 0.15) is 5.69 Å². The van der Waals surface area contributed by atoms with Crippen molar-refractivity contribution < 1.29 is 8.42 Å². The molecule has 0 aliphatic heterocycles. The van der Waals surface area contributed by atoms with Gasteiger partial charge in [0.05, 0.1) is 5.69 Å². The first-order valence-electron chi connectivity index (χ1n) is 3.16. The number of aromatic nitrogens is 2. The largest absolute Gasteiger partial charge is 0.381 e. The lowest BCUT2D eigenvalue weighted by Crippen LogP contribution is -2.14. The highest BCUT2D eigenvalue weighted by molar-refractivity contribution is 7.89. The molecule has 0 unspecified atom stereocenters. The van der Waals surface area contributed by atoms with Gasteiger partial charge in [-0.25, -0.2) is 13.6 Å². The summed E-state index contributed by atoms with van der Waals surface area (Å²) in [5, 5.41) is 8.62. The first-order valence-corrected chi connectivity index (χ1v) is 4.70. The zero-order valence-corrected chi connectivity index (χ0v) is 7.59. The standard InChI is InChI=1S/C5H10N4O2S/c1-3-4(12(7,10)11)5(6)8-9(3)2/h1-2H3,(H2,6,8)(H2,7,10,11). The number of primary sulfonamides is 1. The van der Waals surface area contributed by atoms with E-state index in [1.807, 2.05) is 0 Å². The van der Waals surface area contributed by atoms with Crippen LogP contribution in [0.3, 0.4) is 0 Å². The van der Waals surface area contributed by atoms with E-state index < -0.39 is 10.0 Å². The first-order chi connectivity index (χ1) is 5.34. The van der Waals surface area contributed by atoms with E-state index in [0.29, 0.717) is 5.69 Å². The minimum absolute atomic E-state index is 0.0579. The van der Waals surface area contributed by atoms with Crippen molar-refractivity contribution in [3.05, 3.63) is 5.69 Å². The van der Waals surface area contributed by atoms with Gasteiger partial charge in [0.15, 0.2) is 5.82 Å². The van der Waals surface area contributed by atoms with E-state index in [-0.39, 0.29) is 10.7 Å². The summed E-state index contributed by atoms with van der Waals surface area (Å²) in [6.45, 7) is 1.59. The summed E-state index contributed by atoms with van der Waals surface area (Å²) < 4.78 is 23.2. The molecule has 4 N–H and O–H groups in total. The maximum atomic E-state index is 10.9. The quantitative estimate of drug-likeness (QED) is 0.590. The van der Waals surface area contributed by atoms with Crippen molar-refractivity contribution in [3.8, 4) is 0 Å². The fraction of sp³-hybridized carbons (Fsp3) is 0.400. The molecule has 0 aromatic carbocycles. The Morgan fingerprint density at radius 3 is 2.17 bits per heavy atom. The molecule has 0 radical (unpaired) electrons. The van der Waals surface area contributed by atoms with Crippen LogP contribution in [0, 0.1) is 6.92 Å². The van der Waals surface area contributed by atoms with Crippen LogP contribution in [0.15, 0.2) is 4.90 Å². The maximum absolute atomic E-state index is 10.9. The van der Waals surface area contributed by atoms with E-state index in [0.717, 1.165) is 0 Å². The molecule has 0 bridgehead atoms. The Morgan fingerprint density at radius 2 is 2.00 bits per heavy atom. The second-order valence-electron chi connectivity index (χ2n) is 2.47. The summed E-state index contributed by atoms with van der Waals surface area (Å²) in [7, 11) is -2.15. The van der Waals surface area contributed by atoms with E-state index in [1.165, 1.54) is 4.68 Å². The van der Waals surface area contributed by atoms with Crippen molar-refractivity contribution in [2.45, 2.75) is 11.8 Å². The third-order valence-corrected chi connectivity index (χ3v) is 2.66. The fourth-order valence-electron chi connectivity index (χ4n) is 0.966. The molecule has 1 rings (SSSR count). The van der Waals surface area contributed by atoms with Crippen molar-refractivity contribution in [1.82, 2.24) is 9.78 Å². The Hall–Kier alpha value is -1.08. The molecule has 12 heavy (non-hydrogen) atoms. The Labute approximate surface area is 70.2 Å². The summed E-state index contributed by atoms with van der Waals surface area (Å²) in [4.78, 5) is -0.0926. The van der Waals surface area contributed by atoms with Crippen LogP contribution in [-0.2, 0) is 17.1 Å². The molecule has 0 aliphatic carbocycles. The number of hydrogen-bond donors (Lipinski definition) is 2. The van der Waals surface area contributed by atoms with Gasteiger partial charge in [0, 0.05) is 7.05 Å². The molecule has 0 atom stereocenters. The smallest absolute Gasteiger partial charge is 0.243 e. The van der Waals surface area contributed by atoms with Crippen molar-refractivity contribution in [3.63, 3.8) is 0 Å². The Morgan fingerprint density at radius 1 is 1.50 bits per heavy atom. The highest BCUT2D eigenvalue weighted by atomic mass is 32.2. The van der Waals surface area contributed by atoms with E-state index in [1.54, 1.807) is 14.0 Å². The molecule has 0 spiro atoms. The van der Waals surface area contributed by atoms with Crippen LogP contribution in [0.25, 0.3) is 0 Å². The van der Waals surface area contributed by atoms with Gasteiger partial charge in [0.2, 0.25) is 10.0 Å². The fourth-order valence-corrected chi connectivity index (χ4v) is 1.84. The Balaban J connectivity index is 3.54. The second-order valence-corrected chi connectivity index (χ2v) is 3.97. The van der Waals surface area contributed by atoms with Gasteiger partial charge in [-0.1, -0.05) is 0 Å². The predicted octanol–water partition coefficient (Wildman–Crippen LogP) is -1.04. The van der Waals surface area contributed by atoms with Gasteiger partial charge in [-0.2, -0.15) is 5.10 Å². The predicted molar refractivity (Wildman–Crippen MR) is 43.7 cm³/mol. The second kappa shape index (κ2) is 2.46. The van der Waals surface area contributed by atoms with Gasteiger partial charge in [0.1, 0.15) is 4.90 Å². The number of nitrogen functional groups attached to an aromatic ring is 1. The average Bonchev–Trinajstić information content (AvgIpc) is 2.05. The summed E-state index contributed by atoms with van der Waals surface area (Å²) >= 11 is 0. The van der Waals surface area contributed by atoms with E-state index >= 15 is 0 Å². The van der Waals surface area contributed by atoms with Gasteiger partial charge >= 0.3 is 0 Å². The molecule has 0 saturated heterocycles. The molecule has 6 nitrogen and oxygen atoms in total. The van der Waals surface area contributed by atoms with Gasteiger partial charge in [0.25, 0.3) is 0 Å². The van der Waals surface area contributed by atoms with Crippen LogP contribution < -0.4 is 10.9 Å². The zero-order chi connectivity index (χ0) is 9.52. The van der Waals surface area contributed by atoms with E-state index in [4.69, 9.17) is 10.9 Å². The molecule has 1 aromatic heterocycles. The van der Waals surface area contributed by atoms with Crippen molar-refractivity contribution in [2.75, 3.05) is 5.73 Å². The molecule has 0 fully saturated rings. The molecule has 1 aromatic rings. The molecule has 68 valence electrons. The highest BCUT2D eigenvalue weighted by Gasteiger charge is 2.20. The maximum Gasteiger partial charge on any atom is 0.243 e. The van der Waals surface area contributed by atoms with Gasteiger partial charge in [-0.3, -0.25) is 4.68 Å². The van der Waals surface area contributed by atoms with Crippen LogP contribution in [0.2, 0.25) is 0 Å². The van der Waals surface area contributed by atoms with Crippen molar-refractivity contribution >= 4 is 15.8 Å². The number of sulfonamides is 1. The SMILES string of the molecule is Cc1c(S(N)(=O)=O)c(N)nn1C. The molecule has 0 aliphatic rings. The number of rotatable bonds is 1. The summed E-state index contributed by atoms with van der Waals surface area (Å²) in [5.74, 6) is -0.0579. The summed E-state index contributed by atoms with van der Waals surface area (Å²) in [5.41, 5.74) is 5.78. The van der Waals surface area contributed by atoms with Crippen LogP contribution in [-0.4, -0.2) is 18.2 Å². The number of aryl methyl sites for hydroxylation is 1. The van der Waals surface area contributed by atoms with E-state index in [9.17, 15) is 8.42 Å². The van der Waals surface area contributed by atoms with Crippen LogP contribution in [0.4, 0.5) is 5.82 Å². The number of hydrogen-bond acceptors (Lipinski definition) is 4. The van der Waals surface area contributed by atoms with Crippen molar-refractivity contribution in [2.24, 2.45) is 12.2 Å². The molecule has 7 heteroatoms. The Kier molecular flexibility index (Phi) is 1.85. The number of nitrogens with zero attached hydrogens (tertiary/aromatic N) is 2. The van der Waals surface area contributed by atoms with Gasteiger partial charge < -0.3 is 5.73 Å². The lowest BCUT2D eigenvalue weighted by atomic mass is 10.5. The minimum atomic E-state index is -3.75. The summed E-state index contributed by atoms with van der Waals surface area (Å²) in [6, 6.07) is 0. The summed E-state index contributed by atoms with van der Waals surface area (Å²) in [6.07, 6.45) is 0. The average molecular weight is 190 g/mol. The zero-order valence-electron chi connectivity index (χ0n) is 6.77. The third kappa shape index (κ3) is 1.28. The van der Waals surface area contributed by atoms with E-state index in [2.05, 4.69) is 5.10 Å². The molecule has 1 heterocycles. The highest BCUT2D eigenvalue weighted by Crippen LogP contribution is 2.18. The molecular weight excluding hydrogens is 180 g/mol. The third-order valence-electron chi connectivity index (χ3n) is 1.59. The molecular formula is C5H10N4O2S. The first kappa shape index (κ1) is 9.01. The number of nitrogens with two attached hydrogens (primary N) is 2. The lowest BCUT2D eigenvalue weighted by Gasteiger charge is -1.96. The van der Waals surface area contributed by atoms with Gasteiger partial charge in [-0.15, -0.1) is 0 Å².